The third-order valence-corrected chi connectivity index (χ3v) is 3.07. The molecule has 1 rings (SSSR count). The van der Waals surface area contributed by atoms with E-state index < -0.39 is 11.9 Å². The maximum absolute atomic E-state index is 12.2. The smallest absolute Gasteiger partial charge is 0.240 e. The molecule has 0 saturated heterocycles. The maximum Gasteiger partial charge on any atom is 0.240 e. The predicted octanol–water partition coefficient (Wildman–Crippen LogP) is 1.23. The molecule has 0 radical (unpaired) electrons. The van der Waals surface area contributed by atoms with E-state index in [2.05, 4.69) is 0 Å². The average molecular weight is 276 g/mol. The van der Waals surface area contributed by atoms with Crippen molar-refractivity contribution in [2.75, 3.05) is 6.54 Å². The van der Waals surface area contributed by atoms with Crippen LogP contribution in [-0.4, -0.2) is 35.1 Å². The Bertz CT molecular complexity index is 497. The summed E-state index contributed by atoms with van der Waals surface area (Å²) < 4.78 is 0. The molecular weight excluding hydrogens is 256 g/mol. The molecule has 1 aromatic carbocycles. The fourth-order valence-corrected chi connectivity index (χ4v) is 2.12. The number of nitrogens with zero attached hydrogens (tertiary/aromatic N) is 1. The van der Waals surface area contributed by atoms with Gasteiger partial charge < -0.3 is 10.6 Å². The first-order valence-electron chi connectivity index (χ1n) is 6.49. The van der Waals surface area contributed by atoms with Crippen LogP contribution >= 0.6 is 0 Å². The van der Waals surface area contributed by atoms with E-state index in [9.17, 15) is 14.4 Å². The Labute approximate surface area is 118 Å². The van der Waals surface area contributed by atoms with Crippen molar-refractivity contribution >= 4 is 17.6 Å². The molecule has 5 heteroatoms. The van der Waals surface area contributed by atoms with Gasteiger partial charge in [0.15, 0.2) is 5.78 Å². The lowest BCUT2D eigenvalue weighted by Crippen LogP contribution is -2.51. The van der Waals surface area contributed by atoms with E-state index >= 15 is 0 Å². The van der Waals surface area contributed by atoms with E-state index in [1.165, 1.54) is 11.8 Å². The van der Waals surface area contributed by atoms with E-state index in [0.29, 0.717) is 5.56 Å². The highest BCUT2D eigenvalue weighted by Gasteiger charge is 2.30. The molecule has 0 aliphatic heterocycles. The largest absolute Gasteiger partial charge is 0.368 e. The molecule has 2 amide bonds. The van der Waals surface area contributed by atoms with Crippen molar-refractivity contribution in [3.8, 4) is 0 Å². The van der Waals surface area contributed by atoms with Crippen molar-refractivity contribution < 1.29 is 14.4 Å². The molecule has 1 atom stereocenters. The average Bonchev–Trinajstić information content (AvgIpc) is 2.37. The summed E-state index contributed by atoms with van der Waals surface area (Å²) in [6.07, 6.45) is 0. The number of ketones is 1. The Morgan fingerprint density at radius 3 is 2.10 bits per heavy atom. The van der Waals surface area contributed by atoms with Gasteiger partial charge in [-0.15, -0.1) is 0 Å². The lowest BCUT2D eigenvalue weighted by atomic mass is 10.0. The standard InChI is InChI=1S/C15H20N2O3/c1-10(2)14(15(16)20)17(11(3)18)9-13(19)12-7-5-4-6-8-12/h4-8,10,14H,9H2,1-3H3,(H2,16,20). The normalized spacial score (nSPS) is 12.0. The number of benzene rings is 1. The number of Topliss-reactive ketones (excluding diaryl/α,β-unsaturated/α-hetero) is 1. The zero-order valence-electron chi connectivity index (χ0n) is 12.0. The number of carbonyl (C=O) groups excluding carboxylic acids is 3. The molecule has 0 heterocycles. The molecule has 0 aliphatic carbocycles. The molecule has 0 fully saturated rings. The summed E-state index contributed by atoms with van der Waals surface area (Å²) in [4.78, 5) is 36.7. The molecular formula is C15H20N2O3. The van der Waals surface area contributed by atoms with Crippen LogP contribution in [0.5, 0.6) is 0 Å². The Kier molecular flexibility index (Phi) is 5.43. The quantitative estimate of drug-likeness (QED) is 0.793. The van der Waals surface area contributed by atoms with Gasteiger partial charge in [0.1, 0.15) is 6.04 Å². The lowest BCUT2D eigenvalue weighted by Gasteiger charge is -2.30. The monoisotopic (exact) mass is 276 g/mol. The summed E-state index contributed by atoms with van der Waals surface area (Å²) in [6.45, 7) is 4.76. The second kappa shape index (κ2) is 6.84. The molecule has 0 aliphatic rings. The number of rotatable bonds is 6. The van der Waals surface area contributed by atoms with E-state index in [1.807, 2.05) is 0 Å². The minimum atomic E-state index is -0.778. The van der Waals surface area contributed by atoms with Crippen molar-refractivity contribution in [1.29, 1.82) is 0 Å². The predicted molar refractivity (Wildman–Crippen MR) is 76.0 cm³/mol. The number of amides is 2. The van der Waals surface area contributed by atoms with E-state index in [4.69, 9.17) is 5.73 Å². The van der Waals surface area contributed by atoms with Crippen LogP contribution in [0.2, 0.25) is 0 Å². The van der Waals surface area contributed by atoms with Gasteiger partial charge in [0.25, 0.3) is 0 Å². The van der Waals surface area contributed by atoms with Crippen LogP contribution in [0.3, 0.4) is 0 Å². The summed E-state index contributed by atoms with van der Waals surface area (Å²) >= 11 is 0. The molecule has 108 valence electrons. The van der Waals surface area contributed by atoms with Gasteiger partial charge in [0.05, 0.1) is 6.54 Å². The van der Waals surface area contributed by atoms with Crippen molar-refractivity contribution in [2.24, 2.45) is 11.7 Å². The van der Waals surface area contributed by atoms with Gasteiger partial charge in [-0.3, -0.25) is 14.4 Å². The molecule has 1 aromatic rings. The molecule has 2 N–H and O–H groups in total. The molecule has 1 unspecified atom stereocenters. The second-order valence-corrected chi connectivity index (χ2v) is 5.03. The first-order valence-corrected chi connectivity index (χ1v) is 6.49. The van der Waals surface area contributed by atoms with Crippen molar-refractivity contribution in [2.45, 2.75) is 26.8 Å². The maximum atomic E-state index is 12.2. The molecule has 5 nitrogen and oxygen atoms in total. The van der Waals surface area contributed by atoms with E-state index in [1.54, 1.807) is 44.2 Å². The highest BCUT2D eigenvalue weighted by atomic mass is 16.2. The summed E-state index contributed by atoms with van der Waals surface area (Å²) in [6, 6.07) is 7.88. The Morgan fingerprint density at radius 1 is 1.15 bits per heavy atom. The van der Waals surface area contributed by atoms with Crippen molar-refractivity contribution in [3.05, 3.63) is 35.9 Å². The first-order chi connectivity index (χ1) is 9.34. The van der Waals surface area contributed by atoms with Crippen LogP contribution in [0, 0.1) is 5.92 Å². The zero-order valence-corrected chi connectivity index (χ0v) is 12.0. The Hall–Kier alpha value is -2.17. The molecule has 0 bridgehead atoms. The highest BCUT2D eigenvalue weighted by Crippen LogP contribution is 2.12. The zero-order chi connectivity index (χ0) is 15.3. The fraction of sp³-hybridized carbons (Fsp3) is 0.400. The number of hydrogen-bond acceptors (Lipinski definition) is 3. The van der Waals surface area contributed by atoms with Crippen LogP contribution in [-0.2, 0) is 9.59 Å². The summed E-state index contributed by atoms with van der Waals surface area (Å²) in [5.74, 6) is -1.31. The molecule has 0 spiro atoms. The molecule has 0 aromatic heterocycles. The van der Waals surface area contributed by atoms with Crippen molar-refractivity contribution in [3.63, 3.8) is 0 Å². The van der Waals surface area contributed by atoms with Gasteiger partial charge in [0.2, 0.25) is 11.8 Å². The lowest BCUT2D eigenvalue weighted by molar-refractivity contribution is -0.138. The Morgan fingerprint density at radius 2 is 1.70 bits per heavy atom. The topological polar surface area (TPSA) is 80.5 Å². The number of carbonyl (C=O) groups is 3. The van der Waals surface area contributed by atoms with Gasteiger partial charge >= 0.3 is 0 Å². The van der Waals surface area contributed by atoms with Crippen LogP contribution in [0.25, 0.3) is 0 Å². The minimum absolute atomic E-state index is 0.148. The van der Waals surface area contributed by atoms with Crippen molar-refractivity contribution in [1.82, 2.24) is 4.90 Å². The number of primary amides is 1. The molecule has 0 saturated carbocycles. The van der Waals surface area contributed by atoms with Crippen LogP contribution < -0.4 is 5.73 Å². The minimum Gasteiger partial charge on any atom is -0.368 e. The van der Waals surface area contributed by atoms with Gasteiger partial charge in [-0.25, -0.2) is 0 Å². The van der Waals surface area contributed by atoms with Gasteiger partial charge in [0, 0.05) is 12.5 Å². The van der Waals surface area contributed by atoms with Gasteiger partial charge in [-0.05, 0) is 5.92 Å². The van der Waals surface area contributed by atoms with E-state index in [-0.39, 0.29) is 24.2 Å². The summed E-state index contributed by atoms with van der Waals surface area (Å²) in [5, 5.41) is 0. The number of hydrogen-bond donors (Lipinski definition) is 1. The van der Waals surface area contributed by atoms with Crippen LogP contribution in [0.15, 0.2) is 30.3 Å². The first kappa shape index (κ1) is 15.9. The Balaban J connectivity index is 2.96. The molecule has 20 heavy (non-hydrogen) atoms. The third kappa shape index (κ3) is 3.91. The highest BCUT2D eigenvalue weighted by molar-refractivity contribution is 6.00. The summed E-state index contributed by atoms with van der Waals surface area (Å²) in [7, 11) is 0. The summed E-state index contributed by atoms with van der Waals surface area (Å²) in [5.41, 5.74) is 5.85. The second-order valence-electron chi connectivity index (χ2n) is 5.03. The van der Waals surface area contributed by atoms with Crippen LogP contribution in [0.4, 0.5) is 0 Å². The van der Waals surface area contributed by atoms with E-state index in [0.717, 1.165) is 0 Å². The third-order valence-electron chi connectivity index (χ3n) is 3.07. The van der Waals surface area contributed by atoms with Gasteiger partial charge in [-0.1, -0.05) is 44.2 Å². The SMILES string of the molecule is CC(=O)N(CC(=O)c1ccccc1)C(C(N)=O)C(C)C. The fourth-order valence-electron chi connectivity index (χ4n) is 2.12. The van der Waals surface area contributed by atoms with Crippen LogP contribution in [0.1, 0.15) is 31.1 Å². The van der Waals surface area contributed by atoms with Gasteiger partial charge in [-0.2, -0.15) is 0 Å². The number of nitrogens with two attached hydrogens (primary N) is 1.